The van der Waals surface area contributed by atoms with E-state index in [0.29, 0.717) is 17.4 Å². The molecule has 6 heteroatoms. The zero-order chi connectivity index (χ0) is 17.5. The van der Waals surface area contributed by atoms with Crippen LogP contribution in [-0.4, -0.2) is 38.7 Å². The molecule has 0 heterocycles. The Hall–Kier alpha value is -2.50. The summed E-state index contributed by atoms with van der Waals surface area (Å²) in [7, 11) is 3.10. The molecule has 0 radical (unpaired) electrons. The second-order valence-electron chi connectivity index (χ2n) is 5.75. The van der Waals surface area contributed by atoms with E-state index in [1.807, 2.05) is 6.92 Å². The number of hydrogen-bond acceptors (Lipinski definition) is 5. The van der Waals surface area contributed by atoms with E-state index in [1.54, 1.807) is 38.5 Å². The molecular formula is C18H23NO5. The van der Waals surface area contributed by atoms with Crippen LogP contribution in [-0.2, 0) is 14.3 Å². The van der Waals surface area contributed by atoms with Gasteiger partial charge in [-0.25, -0.2) is 4.79 Å². The maximum absolute atomic E-state index is 11.7. The molecular weight excluding hydrogens is 310 g/mol. The van der Waals surface area contributed by atoms with Gasteiger partial charge in [-0.05, 0) is 49.5 Å². The molecule has 130 valence electrons. The lowest BCUT2D eigenvalue weighted by Gasteiger charge is -2.12. The molecule has 0 spiro atoms. The van der Waals surface area contributed by atoms with Crippen LogP contribution in [0.1, 0.15) is 25.3 Å². The third-order valence-electron chi connectivity index (χ3n) is 3.88. The third-order valence-corrected chi connectivity index (χ3v) is 3.88. The van der Waals surface area contributed by atoms with Crippen molar-refractivity contribution in [1.29, 1.82) is 0 Å². The van der Waals surface area contributed by atoms with Crippen LogP contribution in [0.25, 0.3) is 6.08 Å². The van der Waals surface area contributed by atoms with Gasteiger partial charge in [0.25, 0.3) is 5.91 Å². The molecule has 1 N–H and O–H groups in total. The van der Waals surface area contributed by atoms with Crippen LogP contribution >= 0.6 is 0 Å². The summed E-state index contributed by atoms with van der Waals surface area (Å²) in [6, 6.07) is 5.41. The Bertz CT molecular complexity index is 622. The van der Waals surface area contributed by atoms with Crippen molar-refractivity contribution in [3.05, 3.63) is 29.8 Å². The molecule has 1 aromatic rings. The van der Waals surface area contributed by atoms with Crippen molar-refractivity contribution in [1.82, 2.24) is 5.32 Å². The Morgan fingerprint density at radius 1 is 1.25 bits per heavy atom. The van der Waals surface area contributed by atoms with Gasteiger partial charge in [0.1, 0.15) is 0 Å². The van der Waals surface area contributed by atoms with Gasteiger partial charge in [-0.3, -0.25) is 4.79 Å². The van der Waals surface area contributed by atoms with Gasteiger partial charge in [0, 0.05) is 12.1 Å². The van der Waals surface area contributed by atoms with Crippen LogP contribution in [0.15, 0.2) is 24.3 Å². The molecule has 1 atom stereocenters. The third kappa shape index (κ3) is 5.30. The Labute approximate surface area is 141 Å². The minimum atomic E-state index is -0.570. The number of esters is 1. The van der Waals surface area contributed by atoms with Crippen molar-refractivity contribution in [3.8, 4) is 11.5 Å². The van der Waals surface area contributed by atoms with Gasteiger partial charge < -0.3 is 19.5 Å². The van der Waals surface area contributed by atoms with Crippen LogP contribution in [0, 0.1) is 5.92 Å². The molecule has 2 rings (SSSR count). The molecule has 6 nitrogen and oxygen atoms in total. The lowest BCUT2D eigenvalue weighted by atomic mass is 10.2. The average molecular weight is 333 g/mol. The fourth-order valence-corrected chi connectivity index (χ4v) is 2.32. The van der Waals surface area contributed by atoms with Crippen molar-refractivity contribution >= 4 is 18.0 Å². The van der Waals surface area contributed by atoms with Crippen molar-refractivity contribution < 1.29 is 23.8 Å². The lowest BCUT2D eigenvalue weighted by molar-refractivity contribution is -0.144. The van der Waals surface area contributed by atoms with E-state index in [-0.39, 0.29) is 18.6 Å². The largest absolute Gasteiger partial charge is 0.493 e. The lowest BCUT2D eigenvalue weighted by Crippen LogP contribution is -2.36. The monoisotopic (exact) mass is 333 g/mol. The summed E-state index contributed by atoms with van der Waals surface area (Å²) < 4.78 is 15.3. The van der Waals surface area contributed by atoms with Crippen LogP contribution < -0.4 is 14.8 Å². The Kier molecular flexibility index (Phi) is 6.23. The number of rotatable bonds is 8. The van der Waals surface area contributed by atoms with Gasteiger partial charge in [0.05, 0.1) is 14.2 Å². The molecule has 1 amide bonds. The van der Waals surface area contributed by atoms with Crippen LogP contribution in [0.3, 0.4) is 0 Å². The van der Waals surface area contributed by atoms with Gasteiger partial charge in [-0.2, -0.15) is 0 Å². The van der Waals surface area contributed by atoms with Crippen LogP contribution in [0.4, 0.5) is 0 Å². The van der Waals surface area contributed by atoms with Gasteiger partial charge in [0.2, 0.25) is 0 Å². The topological polar surface area (TPSA) is 73.9 Å². The Morgan fingerprint density at radius 3 is 2.58 bits per heavy atom. The van der Waals surface area contributed by atoms with Gasteiger partial charge in [-0.15, -0.1) is 0 Å². The van der Waals surface area contributed by atoms with Gasteiger partial charge >= 0.3 is 5.97 Å². The molecule has 0 saturated heterocycles. The zero-order valence-electron chi connectivity index (χ0n) is 14.2. The van der Waals surface area contributed by atoms with E-state index in [0.717, 1.165) is 18.4 Å². The highest BCUT2D eigenvalue weighted by Gasteiger charge is 2.28. The summed E-state index contributed by atoms with van der Waals surface area (Å²) in [5, 5.41) is 2.83. The quantitative estimate of drug-likeness (QED) is 0.583. The molecule has 1 saturated carbocycles. The first kappa shape index (κ1) is 17.8. The maximum atomic E-state index is 11.7. The number of ether oxygens (including phenoxy) is 3. The number of hydrogen-bond donors (Lipinski definition) is 1. The van der Waals surface area contributed by atoms with E-state index >= 15 is 0 Å². The Balaban J connectivity index is 1.80. The predicted octanol–water partition coefficient (Wildman–Crippen LogP) is 2.17. The number of benzene rings is 1. The number of carbonyl (C=O) groups is 2. The maximum Gasteiger partial charge on any atom is 0.331 e. The molecule has 0 aliphatic heterocycles. The highest BCUT2D eigenvalue weighted by molar-refractivity contribution is 5.89. The first-order valence-electron chi connectivity index (χ1n) is 7.89. The average Bonchev–Trinajstić information content (AvgIpc) is 3.42. The number of methoxy groups -OCH3 is 2. The number of amides is 1. The molecule has 1 fully saturated rings. The SMILES string of the molecule is COc1ccc(/C=C/C(=O)OCC(=O)N[C@@H](C)C2CC2)cc1OC. The summed E-state index contributed by atoms with van der Waals surface area (Å²) in [6.07, 6.45) is 5.17. The summed E-state index contributed by atoms with van der Waals surface area (Å²) in [5.74, 6) is 0.899. The Morgan fingerprint density at radius 2 is 1.96 bits per heavy atom. The van der Waals surface area contributed by atoms with Crippen LogP contribution in [0.2, 0.25) is 0 Å². The molecule has 24 heavy (non-hydrogen) atoms. The van der Waals surface area contributed by atoms with E-state index in [2.05, 4.69) is 5.32 Å². The molecule has 1 aliphatic carbocycles. The van der Waals surface area contributed by atoms with E-state index < -0.39 is 5.97 Å². The molecule has 0 unspecified atom stereocenters. The predicted molar refractivity (Wildman–Crippen MR) is 89.9 cm³/mol. The number of carbonyl (C=O) groups excluding carboxylic acids is 2. The fraction of sp³-hybridized carbons (Fsp3) is 0.444. The summed E-state index contributed by atoms with van der Waals surface area (Å²) in [6.45, 7) is 1.69. The summed E-state index contributed by atoms with van der Waals surface area (Å²) in [4.78, 5) is 23.4. The van der Waals surface area contributed by atoms with E-state index in [9.17, 15) is 9.59 Å². The highest BCUT2D eigenvalue weighted by atomic mass is 16.5. The van der Waals surface area contributed by atoms with E-state index in [4.69, 9.17) is 14.2 Å². The summed E-state index contributed by atoms with van der Waals surface area (Å²) >= 11 is 0. The number of nitrogens with one attached hydrogen (secondary N) is 1. The zero-order valence-corrected chi connectivity index (χ0v) is 14.2. The normalized spacial score (nSPS) is 15.0. The van der Waals surface area contributed by atoms with Gasteiger partial charge in [0.15, 0.2) is 18.1 Å². The first-order chi connectivity index (χ1) is 11.5. The molecule has 1 aromatic carbocycles. The molecule has 0 bridgehead atoms. The smallest absolute Gasteiger partial charge is 0.331 e. The molecule has 0 aromatic heterocycles. The van der Waals surface area contributed by atoms with Crippen LogP contribution in [0.5, 0.6) is 11.5 Å². The minimum absolute atomic E-state index is 0.138. The van der Waals surface area contributed by atoms with Gasteiger partial charge in [-0.1, -0.05) is 6.07 Å². The van der Waals surface area contributed by atoms with Crippen molar-refractivity contribution in [2.24, 2.45) is 5.92 Å². The van der Waals surface area contributed by atoms with E-state index in [1.165, 1.54) is 6.08 Å². The first-order valence-corrected chi connectivity index (χ1v) is 7.89. The fourth-order valence-electron chi connectivity index (χ4n) is 2.32. The molecule has 1 aliphatic rings. The second kappa shape index (κ2) is 8.38. The minimum Gasteiger partial charge on any atom is -0.493 e. The standard InChI is InChI=1S/C18H23NO5/c1-12(14-6-7-14)19-17(20)11-24-18(21)9-5-13-4-8-15(22-2)16(10-13)23-3/h4-5,8-10,12,14H,6-7,11H2,1-3H3,(H,19,20)/b9-5+/t12-/m0/s1. The highest BCUT2D eigenvalue weighted by Crippen LogP contribution is 2.32. The van der Waals surface area contributed by atoms with Crippen molar-refractivity contribution in [2.75, 3.05) is 20.8 Å². The summed E-state index contributed by atoms with van der Waals surface area (Å²) in [5.41, 5.74) is 0.761. The second-order valence-corrected chi connectivity index (χ2v) is 5.75. The van der Waals surface area contributed by atoms with Crippen molar-refractivity contribution in [3.63, 3.8) is 0 Å². The van der Waals surface area contributed by atoms with Crippen molar-refractivity contribution in [2.45, 2.75) is 25.8 Å².